The Labute approximate surface area is 145 Å². The van der Waals surface area contributed by atoms with Crippen LogP contribution in [0, 0.1) is 34.5 Å². The van der Waals surface area contributed by atoms with Crippen LogP contribution in [-0.2, 0) is 9.59 Å². The maximum Gasteiger partial charge on any atom is 0.139 e. The van der Waals surface area contributed by atoms with Crippen LogP contribution in [-0.4, -0.2) is 17.6 Å². The van der Waals surface area contributed by atoms with E-state index >= 15 is 0 Å². The lowest BCUT2D eigenvalue weighted by Crippen LogP contribution is -2.57. The summed E-state index contributed by atoms with van der Waals surface area (Å²) in [7, 11) is 0. The van der Waals surface area contributed by atoms with Gasteiger partial charge in [-0.2, -0.15) is 0 Å². The quantitative estimate of drug-likeness (QED) is 0.734. The number of rotatable bonds is 0. The van der Waals surface area contributed by atoms with Crippen LogP contribution in [0.3, 0.4) is 0 Å². The summed E-state index contributed by atoms with van der Waals surface area (Å²) < 4.78 is 0. The van der Waals surface area contributed by atoms with Crippen molar-refractivity contribution in [2.75, 3.05) is 0 Å². The minimum absolute atomic E-state index is 0. The van der Waals surface area contributed by atoms with Crippen LogP contribution in [0.25, 0.3) is 0 Å². The Kier molecular flexibility index (Phi) is 4.21. The van der Waals surface area contributed by atoms with E-state index in [9.17, 15) is 9.59 Å². The minimum Gasteiger partial charge on any atom is -0.328 e. The molecule has 0 bridgehead atoms. The highest BCUT2D eigenvalue weighted by molar-refractivity contribution is 5.88. The van der Waals surface area contributed by atoms with Crippen molar-refractivity contribution in [2.24, 2.45) is 40.2 Å². The van der Waals surface area contributed by atoms with E-state index in [1.807, 2.05) is 0 Å². The number of carbonyl (C=O) groups is 2. The molecule has 0 saturated heterocycles. The monoisotopic (exact) mass is 339 g/mol. The minimum atomic E-state index is -0.129. The molecule has 4 aliphatic carbocycles. The normalized spacial score (nSPS) is 52.2. The van der Waals surface area contributed by atoms with Gasteiger partial charge in [-0.05, 0) is 61.7 Å². The molecule has 0 aromatic carbocycles. The van der Waals surface area contributed by atoms with E-state index in [2.05, 4.69) is 13.8 Å². The van der Waals surface area contributed by atoms with Crippen molar-refractivity contribution < 1.29 is 9.59 Å². The summed E-state index contributed by atoms with van der Waals surface area (Å²) in [6.07, 6.45) is 7.70. The molecule has 0 spiro atoms. The Morgan fingerprint density at radius 3 is 2.52 bits per heavy atom. The number of carbonyl (C=O) groups excluding carboxylic acids is 2. The van der Waals surface area contributed by atoms with Crippen LogP contribution < -0.4 is 5.73 Å². The summed E-state index contributed by atoms with van der Waals surface area (Å²) in [5.74, 6) is 2.62. The van der Waals surface area contributed by atoms with E-state index < -0.39 is 0 Å². The van der Waals surface area contributed by atoms with Crippen molar-refractivity contribution in [2.45, 2.75) is 71.3 Å². The van der Waals surface area contributed by atoms with E-state index in [0.717, 1.165) is 44.9 Å². The topological polar surface area (TPSA) is 60.2 Å². The summed E-state index contributed by atoms with van der Waals surface area (Å²) in [6.45, 7) is 4.54. The van der Waals surface area contributed by atoms with Gasteiger partial charge < -0.3 is 5.73 Å². The second-order valence-electron chi connectivity index (χ2n) is 9.06. The third kappa shape index (κ3) is 2.26. The molecule has 1 unspecified atom stereocenters. The van der Waals surface area contributed by atoms with E-state index in [0.29, 0.717) is 35.7 Å². The first-order valence-electron chi connectivity index (χ1n) is 9.18. The van der Waals surface area contributed by atoms with E-state index in [-0.39, 0.29) is 35.2 Å². The van der Waals surface area contributed by atoms with E-state index in [1.165, 1.54) is 0 Å². The molecule has 4 fully saturated rings. The molecule has 0 amide bonds. The average Bonchev–Trinajstić information content (AvgIpc) is 2.77. The van der Waals surface area contributed by atoms with Gasteiger partial charge in [-0.25, -0.2) is 0 Å². The SMILES string of the molecule is C[C@]12CC[C@H](N)CC1C(=O)C[C@@H]1[C@@H]2CC[C@]2(C)C(=O)CC[C@@H]12.Cl. The number of ketones is 2. The van der Waals surface area contributed by atoms with Crippen LogP contribution in [0.4, 0.5) is 0 Å². The third-order valence-electron chi connectivity index (χ3n) is 8.21. The Morgan fingerprint density at radius 2 is 1.78 bits per heavy atom. The van der Waals surface area contributed by atoms with Crippen molar-refractivity contribution in [3.8, 4) is 0 Å². The molecule has 130 valence electrons. The molecule has 4 aliphatic rings. The van der Waals surface area contributed by atoms with Gasteiger partial charge in [-0.15, -0.1) is 12.4 Å². The lowest BCUT2D eigenvalue weighted by atomic mass is 9.45. The fourth-order valence-corrected chi connectivity index (χ4v) is 6.84. The van der Waals surface area contributed by atoms with Gasteiger partial charge in [0.1, 0.15) is 11.6 Å². The standard InChI is InChI=1S/C19H29NO2.ClH/c1-18-7-5-11(20)9-15(18)16(21)10-12-13-3-4-17(22)19(13,2)8-6-14(12)18;/h11-15H,3-10,20H2,1-2H3;1H/t11-,12-,13-,14-,15?,18+,19-;/m0./s1. The summed E-state index contributed by atoms with van der Waals surface area (Å²) >= 11 is 0. The molecule has 4 rings (SSSR count). The maximum absolute atomic E-state index is 12.9. The van der Waals surface area contributed by atoms with Gasteiger partial charge in [-0.1, -0.05) is 13.8 Å². The molecule has 23 heavy (non-hydrogen) atoms. The van der Waals surface area contributed by atoms with E-state index in [1.54, 1.807) is 0 Å². The van der Waals surface area contributed by atoms with Gasteiger partial charge in [-0.3, -0.25) is 9.59 Å². The number of Topliss-reactive ketones (excluding diaryl/α,β-unsaturated/α-hetero) is 2. The zero-order valence-corrected chi connectivity index (χ0v) is 15.2. The molecule has 2 N–H and O–H groups in total. The molecule has 0 radical (unpaired) electrons. The lowest BCUT2D eigenvalue weighted by Gasteiger charge is -2.59. The molecule has 3 nitrogen and oxygen atoms in total. The molecule has 0 aromatic rings. The van der Waals surface area contributed by atoms with Gasteiger partial charge in [0, 0.05) is 30.2 Å². The van der Waals surface area contributed by atoms with Gasteiger partial charge in [0.25, 0.3) is 0 Å². The van der Waals surface area contributed by atoms with Crippen molar-refractivity contribution in [3.05, 3.63) is 0 Å². The largest absolute Gasteiger partial charge is 0.328 e. The Morgan fingerprint density at radius 1 is 1.04 bits per heavy atom. The predicted molar refractivity (Wildman–Crippen MR) is 92.3 cm³/mol. The molecule has 0 aromatic heterocycles. The van der Waals surface area contributed by atoms with Gasteiger partial charge in [0.15, 0.2) is 0 Å². The van der Waals surface area contributed by atoms with Crippen LogP contribution in [0.15, 0.2) is 0 Å². The van der Waals surface area contributed by atoms with Crippen molar-refractivity contribution >= 4 is 24.0 Å². The number of nitrogens with two attached hydrogens (primary N) is 1. The fraction of sp³-hybridized carbons (Fsp3) is 0.895. The second-order valence-corrected chi connectivity index (χ2v) is 9.06. The summed E-state index contributed by atoms with van der Waals surface area (Å²) in [5, 5.41) is 0. The fourth-order valence-electron chi connectivity index (χ4n) is 6.84. The van der Waals surface area contributed by atoms with Gasteiger partial charge >= 0.3 is 0 Å². The van der Waals surface area contributed by atoms with Gasteiger partial charge in [0.2, 0.25) is 0 Å². The smallest absolute Gasteiger partial charge is 0.139 e. The molecule has 0 heterocycles. The molecular weight excluding hydrogens is 310 g/mol. The number of hydrogen-bond acceptors (Lipinski definition) is 3. The third-order valence-corrected chi connectivity index (χ3v) is 8.21. The van der Waals surface area contributed by atoms with Crippen molar-refractivity contribution in [1.82, 2.24) is 0 Å². The van der Waals surface area contributed by atoms with Gasteiger partial charge in [0.05, 0.1) is 0 Å². The Bertz CT molecular complexity index is 535. The number of fused-ring (bicyclic) bond motifs is 5. The van der Waals surface area contributed by atoms with Crippen molar-refractivity contribution in [3.63, 3.8) is 0 Å². The van der Waals surface area contributed by atoms with Crippen LogP contribution in [0.5, 0.6) is 0 Å². The van der Waals surface area contributed by atoms with Crippen LogP contribution >= 0.6 is 12.4 Å². The summed E-state index contributed by atoms with van der Waals surface area (Å²) in [6, 6.07) is 0.209. The first-order valence-corrected chi connectivity index (χ1v) is 9.18. The highest BCUT2D eigenvalue weighted by Gasteiger charge is 2.61. The molecule has 4 heteroatoms. The van der Waals surface area contributed by atoms with Crippen LogP contribution in [0.2, 0.25) is 0 Å². The molecule has 7 atom stereocenters. The first kappa shape index (κ1) is 17.4. The Balaban J connectivity index is 0.00000156. The molecular formula is C19H30ClNO2. The average molecular weight is 340 g/mol. The number of halogens is 1. The summed E-state index contributed by atoms with van der Waals surface area (Å²) in [4.78, 5) is 25.3. The zero-order valence-electron chi connectivity index (χ0n) is 14.3. The first-order chi connectivity index (χ1) is 10.4. The highest BCUT2D eigenvalue weighted by atomic mass is 35.5. The second kappa shape index (κ2) is 5.56. The van der Waals surface area contributed by atoms with Crippen LogP contribution in [0.1, 0.15) is 65.2 Å². The number of hydrogen-bond donors (Lipinski definition) is 1. The Hall–Kier alpha value is -0.410. The molecule has 4 saturated carbocycles. The van der Waals surface area contributed by atoms with E-state index in [4.69, 9.17) is 5.73 Å². The maximum atomic E-state index is 12.9. The lowest BCUT2D eigenvalue weighted by molar-refractivity contribution is -0.156. The highest BCUT2D eigenvalue weighted by Crippen LogP contribution is 2.64. The van der Waals surface area contributed by atoms with Crippen molar-refractivity contribution in [1.29, 1.82) is 0 Å². The zero-order chi connectivity index (χ0) is 15.7. The predicted octanol–water partition coefficient (Wildman–Crippen LogP) is 3.53. The molecule has 0 aliphatic heterocycles. The summed E-state index contributed by atoms with van der Waals surface area (Å²) in [5.41, 5.74) is 6.17.